The fraction of sp³-hybridized carbons (Fsp3) is 0.300. The predicted molar refractivity (Wildman–Crippen MR) is 108 cm³/mol. The van der Waals surface area contributed by atoms with E-state index in [2.05, 4.69) is 24.1 Å². The minimum Gasteiger partial charge on any atom is -0.336 e. The molecule has 3 rings (SSSR count). The summed E-state index contributed by atoms with van der Waals surface area (Å²) in [5.74, 6) is -0.0572. The largest absolute Gasteiger partial charge is 0.336 e. The normalized spacial score (nSPS) is 12.4. The molecule has 0 saturated heterocycles. The van der Waals surface area contributed by atoms with Gasteiger partial charge in [0.1, 0.15) is 15.8 Å². The smallest absolute Gasteiger partial charge is 0.274 e. The van der Waals surface area contributed by atoms with Crippen molar-refractivity contribution < 1.29 is 9.18 Å². The lowest BCUT2D eigenvalue weighted by Gasteiger charge is -2.17. The van der Waals surface area contributed by atoms with E-state index in [9.17, 15) is 9.18 Å². The monoisotopic (exact) mass is 405 g/mol. The summed E-state index contributed by atoms with van der Waals surface area (Å²) in [4.78, 5) is 16.9. The van der Waals surface area contributed by atoms with Crippen molar-refractivity contribution in [3.8, 4) is 0 Å². The maximum absolute atomic E-state index is 13.3. The fourth-order valence-electron chi connectivity index (χ4n) is 3.00. The van der Waals surface area contributed by atoms with Crippen molar-refractivity contribution in [1.29, 1.82) is 0 Å². The second-order valence-corrected chi connectivity index (χ2v) is 8.55. The molecule has 2 heterocycles. The molecule has 7 heteroatoms. The molecule has 142 valence electrons. The van der Waals surface area contributed by atoms with Crippen LogP contribution in [-0.4, -0.2) is 15.5 Å². The molecule has 1 aromatic carbocycles. The van der Waals surface area contributed by atoms with Crippen molar-refractivity contribution in [3.63, 3.8) is 0 Å². The Bertz CT molecular complexity index is 933. The summed E-state index contributed by atoms with van der Waals surface area (Å²) in [7, 11) is 0. The number of amides is 1. The Hall–Kier alpha value is -2.18. The molecule has 0 bridgehead atoms. The Morgan fingerprint density at radius 2 is 2.00 bits per heavy atom. The highest BCUT2D eigenvalue weighted by Crippen LogP contribution is 2.26. The van der Waals surface area contributed by atoms with E-state index in [1.165, 1.54) is 29.7 Å². The molecule has 0 saturated carbocycles. The van der Waals surface area contributed by atoms with Gasteiger partial charge < -0.3 is 4.57 Å². The number of carbonyl (C=O) groups excluding carboxylic acids is 1. The number of nitrogens with one attached hydrogen (secondary N) is 1. The third-order valence-electron chi connectivity index (χ3n) is 4.25. The van der Waals surface area contributed by atoms with Crippen LogP contribution in [0, 0.1) is 11.7 Å². The molecule has 1 unspecified atom stereocenters. The van der Waals surface area contributed by atoms with Crippen LogP contribution in [0.4, 0.5) is 9.52 Å². The maximum Gasteiger partial charge on any atom is 0.274 e. The van der Waals surface area contributed by atoms with E-state index < -0.39 is 0 Å². The average molecular weight is 406 g/mol. The molecule has 1 atom stereocenters. The molecular formula is C20H21ClFN3OS. The summed E-state index contributed by atoms with van der Waals surface area (Å²) >= 11 is 7.11. The molecule has 0 aliphatic carbocycles. The predicted octanol–water partition coefficient (Wildman–Crippen LogP) is 5.80. The number of benzene rings is 1. The molecule has 4 nitrogen and oxygen atoms in total. The van der Waals surface area contributed by atoms with E-state index in [0.29, 0.717) is 21.1 Å². The number of anilines is 1. The van der Waals surface area contributed by atoms with Crippen molar-refractivity contribution >= 4 is 34.0 Å². The average Bonchev–Trinajstić information content (AvgIpc) is 3.20. The van der Waals surface area contributed by atoms with Crippen LogP contribution < -0.4 is 5.32 Å². The van der Waals surface area contributed by atoms with Gasteiger partial charge in [0.15, 0.2) is 5.13 Å². The summed E-state index contributed by atoms with van der Waals surface area (Å²) in [6.07, 6.45) is 4.37. The van der Waals surface area contributed by atoms with E-state index >= 15 is 0 Å². The van der Waals surface area contributed by atoms with Gasteiger partial charge in [0.25, 0.3) is 5.91 Å². The minimum absolute atomic E-state index is 0.118. The van der Waals surface area contributed by atoms with Crippen molar-refractivity contribution in [1.82, 2.24) is 9.55 Å². The quantitative estimate of drug-likeness (QED) is 0.563. The van der Waals surface area contributed by atoms with Gasteiger partial charge in [0, 0.05) is 6.20 Å². The summed E-state index contributed by atoms with van der Waals surface area (Å²) in [5.41, 5.74) is 2.55. The molecule has 27 heavy (non-hydrogen) atoms. The second-order valence-electron chi connectivity index (χ2n) is 6.89. The Kier molecular flexibility index (Phi) is 5.97. The third kappa shape index (κ3) is 4.76. The lowest BCUT2D eigenvalue weighted by molar-refractivity contribution is 0.101. The van der Waals surface area contributed by atoms with Crippen molar-refractivity contribution in [2.75, 3.05) is 5.32 Å². The first kappa shape index (κ1) is 19.6. The number of rotatable bonds is 6. The van der Waals surface area contributed by atoms with Crippen LogP contribution >= 0.6 is 22.9 Å². The van der Waals surface area contributed by atoms with Crippen molar-refractivity contribution in [3.05, 3.63) is 69.7 Å². The number of carbonyl (C=O) groups is 1. The Balaban J connectivity index is 1.94. The van der Waals surface area contributed by atoms with Crippen LogP contribution in [0.2, 0.25) is 4.34 Å². The van der Waals surface area contributed by atoms with Gasteiger partial charge in [-0.3, -0.25) is 10.1 Å². The van der Waals surface area contributed by atoms with Crippen LogP contribution in [0.5, 0.6) is 0 Å². The van der Waals surface area contributed by atoms with Gasteiger partial charge in [-0.2, -0.15) is 0 Å². The van der Waals surface area contributed by atoms with Gasteiger partial charge in [0.05, 0.1) is 12.2 Å². The highest BCUT2D eigenvalue weighted by molar-refractivity contribution is 7.19. The second kappa shape index (κ2) is 8.23. The van der Waals surface area contributed by atoms with E-state index in [-0.39, 0.29) is 17.8 Å². The fourth-order valence-corrected chi connectivity index (χ4v) is 3.80. The summed E-state index contributed by atoms with van der Waals surface area (Å²) in [6, 6.07) is 8.13. The number of nitrogens with zero attached hydrogens (tertiary/aromatic N) is 2. The first-order chi connectivity index (χ1) is 12.8. The highest BCUT2D eigenvalue weighted by atomic mass is 35.5. The number of hydrogen-bond acceptors (Lipinski definition) is 3. The Morgan fingerprint density at radius 3 is 2.59 bits per heavy atom. The zero-order valence-electron chi connectivity index (χ0n) is 15.4. The van der Waals surface area contributed by atoms with Crippen LogP contribution in [-0.2, 0) is 6.42 Å². The van der Waals surface area contributed by atoms with E-state index in [4.69, 9.17) is 11.6 Å². The highest BCUT2D eigenvalue weighted by Gasteiger charge is 2.20. The third-order valence-corrected chi connectivity index (χ3v) is 5.28. The SMILES string of the molecule is CC(C)Cc1cc(C(=O)Nc2ncc(Cl)s2)n(C(C)c2ccc(F)cc2)c1. The standard InChI is InChI=1S/C20H21ClFN3OS/c1-12(2)8-14-9-17(19(26)24-20-23-10-18(21)27-20)25(11-14)13(3)15-4-6-16(22)7-5-15/h4-7,9-13H,8H2,1-3H3,(H,23,24,26). The number of hydrogen-bond donors (Lipinski definition) is 1. The van der Waals surface area contributed by atoms with Gasteiger partial charge in [-0.25, -0.2) is 9.37 Å². The first-order valence-corrected chi connectivity index (χ1v) is 9.92. The van der Waals surface area contributed by atoms with Gasteiger partial charge in [0.2, 0.25) is 0 Å². The summed E-state index contributed by atoms with van der Waals surface area (Å²) in [6.45, 7) is 6.26. The molecule has 0 fully saturated rings. The first-order valence-electron chi connectivity index (χ1n) is 8.72. The number of halogens is 2. The topological polar surface area (TPSA) is 46.9 Å². The van der Waals surface area contributed by atoms with Crippen LogP contribution in [0.25, 0.3) is 0 Å². The number of thiazole rings is 1. The van der Waals surface area contributed by atoms with Gasteiger partial charge in [-0.1, -0.05) is 48.9 Å². The van der Waals surface area contributed by atoms with E-state index in [0.717, 1.165) is 17.5 Å². The van der Waals surface area contributed by atoms with Gasteiger partial charge in [-0.15, -0.1) is 0 Å². The zero-order chi connectivity index (χ0) is 19.6. The molecule has 0 aliphatic heterocycles. The van der Waals surface area contributed by atoms with Crippen molar-refractivity contribution in [2.45, 2.75) is 33.2 Å². The number of aromatic nitrogens is 2. The molecule has 1 N–H and O–H groups in total. The van der Waals surface area contributed by atoms with Gasteiger partial charge in [-0.05, 0) is 48.6 Å². The van der Waals surface area contributed by atoms with Gasteiger partial charge >= 0.3 is 0 Å². The molecular weight excluding hydrogens is 385 g/mol. The Morgan fingerprint density at radius 1 is 1.30 bits per heavy atom. The van der Waals surface area contributed by atoms with Crippen LogP contribution in [0.15, 0.2) is 42.7 Å². The van der Waals surface area contributed by atoms with E-state index in [1.54, 1.807) is 12.1 Å². The summed E-state index contributed by atoms with van der Waals surface area (Å²) in [5, 5.41) is 3.26. The van der Waals surface area contributed by atoms with Crippen molar-refractivity contribution in [2.24, 2.45) is 5.92 Å². The molecule has 0 radical (unpaired) electrons. The molecule has 1 amide bonds. The lowest BCUT2D eigenvalue weighted by Crippen LogP contribution is -2.19. The molecule has 3 aromatic rings. The lowest BCUT2D eigenvalue weighted by atomic mass is 10.1. The molecule has 0 aliphatic rings. The Labute approximate surface area is 167 Å². The molecule has 0 spiro atoms. The van der Waals surface area contributed by atoms with Crippen LogP contribution in [0.1, 0.15) is 48.4 Å². The maximum atomic E-state index is 13.3. The summed E-state index contributed by atoms with van der Waals surface area (Å²) < 4.78 is 15.7. The van der Waals surface area contributed by atoms with E-state index in [1.807, 2.05) is 23.8 Å². The molecule has 2 aromatic heterocycles. The van der Waals surface area contributed by atoms with Crippen LogP contribution in [0.3, 0.4) is 0 Å². The minimum atomic E-state index is -0.280. The zero-order valence-corrected chi connectivity index (χ0v) is 16.9.